The van der Waals surface area contributed by atoms with Gasteiger partial charge in [-0.15, -0.1) is 0 Å². The SMILES string of the molecule is [2H]CCCCC(C)(C)C. The van der Waals surface area contributed by atoms with Gasteiger partial charge in [0, 0.05) is 1.37 Å². The van der Waals surface area contributed by atoms with E-state index in [0.29, 0.717) is 12.3 Å². The van der Waals surface area contributed by atoms with Crippen LogP contribution in [0.4, 0.5) is 0 Å². The first kappa shape index (κ1) is 6.12. The molecular formula is C8H18. The molecule has 0 saturated carbocycles. The summed E-state index contributed by atoms with van der Waals surface area (Å²) < 4.78 is 6.91. The summed E-state index contributed by atoms with van der Waals surface area (Å²) in [5.74, 6) is 0. The van der Waals surface area contributed by atoms with Crippen molar-refractivity contribution in [3.63, 3.8) is 0 Å². The second kappa shape index (κ2) is 3.11. The largest absolute Gasteiger partial charge is 0.0654 e. The van der Waals surface area contributed by atoms with Crippen molar-refractivity contribution in [1.29, 1.82) is 0 Å². The fourth-order valence-electron chi connectivity index (χ4n) is 0.655. The van der Waals surface area contributed by atoms with Crippen molar-refractivity contribution in [3.05, 3.63) is 0 Å². The van der Waals surface area contributed by atoms with E-state index in [-0.39, 0.29) is 0 Å². The standard InChI is InChI=1S/C8H18/c1-5-6-7-8(2,3)4/h5-7H2,1-4H3/i1D. The summed E-state index contributed by atoms with van der Waals surface area (Å²) in [6.45, 7) is 7.33. The third kappa shape index (κ3) is 6.00. The van der Waals surface area contributed by atoms with E-state index in [9.17, 15) is 0 Å². The van der Waals surface area contributed by atoms with Gasteiger partial charge in [-0.3, -0.25) is 0 Å². The molecule has 0 aromatic rings. The van der Waals surface area contributed by atoms with Gasteiger partial charge in [-0.05, 0) is 11.8 Å². The Morgan fingerprint density at radius 2 is 2.00 bits per heavy atom. The van der Waals surface area contributed by atoms with Crippen LogP contribution in [0.15, 0.2) is 0 Å². The van der Waals surface area contributed by atoms with Crippen LogP contribution < -0.4 is 0 Å². The highest BCUT2D eigenvalue weighted by Crippen LogP contribution is 2.20. The molecule has 0 unspecified atom stereocenters. The molecule has 0 atom stereocenters. The van der Waals surface area contributed by atoms with Crippen LogP contribution in [0.3, 0.4) is 0 Å². The van der Waals surface area contributed by atoms with Crippen molar-refractivity contribution in [1.82, 2.24) is 0 Å². The first-order valence-electron chi connectivity index (χ1n) is 4.06. The molecule has 0 amide bonds. The molecule has 50 valence electrons. The lowest BCUT2D eigenvalue weighted by Gasteiger charge is -2.16. The highest BCUT2D eigenvalue weighted by Gasteiger charge is 2.07. The molecular weight excluding hydrogens is 96.1 g/mol. The number of rotatable bonds is 2. The van der Waals surface area contributed by atoms with Gasteiger partial charge in [-0.1, -0.05) is 40.5 Å². The number of unbranched alkanes of at least 4 members (excludes halogenated alkanes) is 1. The lowest BCUT2D eigenvalue weighted by atomic mass is 9.90. The average molecular weight is 115 g/mol. The molecule has 0 aromatic carbocycles. The second-order valence-electron chi connectivity index (χ2n) is 3.52. The van der Waals surface area contributed by atoms with Crippen LogP contribution in [0.5, 0.6) is 0 Å². The molecule has 0 nitrogen and oxygen atoms in total. The Morgan fingerprint density at radius 3 is 2.38 bits per heavy atom. The van der Waals surface area contributed by atoms with E-state index in [0.717, 1.165) is 6.42 Å². The van der Waals surface area contributed by atoms with Crippen molar-refractivity contribution in [3.8, 4) is 0 Å². The third-order valence-corrected chi connectivity index (χ3v) is 1.18. The fourth-order valence-corrected chi connectivity index (χ4v) is 0.655. The van der Waals surface area contributed by atoms with Crippen LogP contribution in [0.2, 0.25) is 0 Å². The van der Waals surface area contributed by atoms with E-state index < -0.39 is 0 Å². The molecule has 0 heteroatoms. The predicted molar refractivity (Wildman–Crippen MR) is 39.0 cm³/mol. The maximum Gasteiger partial charge on any atom is 0.0230 e. The summed E-state index contributed by atoms with van der Waals surface area (Å²) in [4.78, 5) is 0. The summed E-state index contributed by atoms with van der Waals surface area (Å²) in [7, 11) is 0. The Bertz CT molecular complexity index is 61.5. The van der Waals surface area contributed by atoms with Gasteiger partial charge in [0.1, 0.15) is 0 Å². The van der Waals surface area contributed by atoms with Crippen molar-refractivity contribution < 1.29 is 1.37 Å². The maximum atomic E-state index is 6.91. The van der Waals surface area contributed by atoms with E-state index in [2.05, 4.69) is 20.8 Å². The lowest BCUT2D eigenvalue weighted by Crippen LogP contribution is -2.03. The van der Waals surface area contributed by atoms with Gasteiger partial charge in [-0.25, -0.2) is 0 Å². The van der Waals surface area contributed by atoms with Crippen LogP contribution in [0.1, 0.15) is 48.3 Å². The summed E-state index contributed by atoms with van der Waals surface area (Å²) >= 11 is 0. The van der Waals surface area contributed by atoms with E-state index in [4.69, 9.17) is 1.37 Å². The van der Waals surface area contributed by atoms with Crippen LogP contribution in [0.25, 0.3) is 0 Å². The Morgan fingerprint density at radius 1 is 1.38 bits per heavy atom. The molecule has 0 rings (SSSR count). The number of hydrogen-bond donors (Lipinski definition) is 0. The van der Waals surface area contributed by atoms with Crippen molar-refractivity contribution in [2.45, 2.75) is 46.9 Å². The Hall–Kier alpha value is 0. The van der Waals surface area contributed by atoms with Crippen LogP contribution >= 0.6 is 0 Å². The average Bonchev–Trinajstić information content (AvgIpc) is 1.63. The monoisotopic (exact) mass is 115 g/mol. The van der Waals surface area contributed by atoms with Crippen molar-refractivity contribution in [2.24, 2.45) is 5.41 Å². The molecule has 0 aliphatic carbocycles. The Kier molecular flexibility index (Phi) is 2.38. The van der Waals surface area contributed by atoms with Crippen molar-refractivity contribution in [2.75, 3.05) is 0 Å². The van der Waals surface area contributed by atoms with Crippen LogP contribution in [-0.2, 0) is 0 Å². The maximum absolute atomic E-state index is 6.91. The molecule has 8 heavy (non-hydrogen) atoms. The minimum absolute atomic E-state index is 0.467. The molecule has 0 aromatic heterocycles. The summed E-state index contributed by atoms with van der Waals surface area (Å²) in [5.41, 5.74) is 0.467. The van der Waals surface area contributed by atoms with E-state index in [1.54, 1.807) is 0 Å². The van der Waals surface area contributed by atoms with Crippen LogP contribution in [0, 0.1) is 5.41 Å². The Labute approximate surface area is 54.7 Å². The normalized spacial score (nSPS) is 13.6. The third-order valence-electron chi connectivity index (χ3n) is 1.18. The fraction of sp³-hybridized carbons (Fsp3) is 1.00. The molecule has 0 heterocycles. The summed E-state index contributed by atoms with van der Waals surface area (Å²) in [5, 5.41) is 0. The molecule has 0 aliphatic heterocycles. The van der Waals surface area contributed by atoms with Gasteiger partial charge < -0.3 is 0 Å². The lowest BCUT2D eigenvalue weighted by molar-refractivity contribution is 0.363. The van der Waals surface area contributed by atoms with Crippen LogP contribution in [-0.4, -0.2) is 0 Å². The van der Waals surface area contributed by atoms with Gasteiger partial charge in [0.2, 0.25) is 0 Å². The second-order valence-corrected chi connectivity index (χ2v) is 3.52. The first-order valence-corrected chi connectivity index (χ1v) is 3.35. The topological polar surface area (TPSA) is 0 Å². The zero-order chi connectivity index (χ0) is 7.33. The van der Waals surface area contributed by atoms with Gasteiger partial charge in [0.05, 0.1) is 0 Å². The molecule has 0 radical (unpaired) electrons. The Balaban J connectivity index is 3.07. The molecule has 0 fully saturated rings. The molecule has 0 N–H and O–H groups in total. The minimum atomic E-state index is 0.467. The smallest absolute Gasteiger partial charge is 0.0230 e. The van der Waals surface area contributed by atoms with Gasteiger partial charge in [-0.2, -0.15) is 0 Å². The van der Waals surface area contributed by atoms with E-state index >= 15 is 0 Å². The van der Waals surface area contributed by atoms with Gasteiger partial charge >= 0.3 is 0 Å². The van der Waals surface area contributed by atoms with Crippen molar-refractivity contribution >= 4 is 0 Å². The highest BCUT2D eigenvalue weighted by molar-refractivity contribution is 4.59. The summed E-state index contributed by atoms with van der Waals surface area (Å²) in [6.07, 6.45) is 3.54. The number of hydrogen-bond acceptors (Lipinski definition) is 0. The highest BCUT2D eigenvalue weighted by atomic mass is 14.1. The van der Waals surface area contributed by atoms with Gasteiger partial charge in [0.25, 0.3) is 0 Å². The predicted octanol–water partition coefficient (Wildman–Crippen LogP) is 3.22. The minimum Gasteiger partial charge on any atom is -0.0654 e. The summed E-state index contributed by atoms with van der Waals surface area (Å²) in [6, 6.07) is 0. The zero-order valence-corrected chi connectivity index (χ0v) is 6.33. The molecule has 0 aliphatic rings. The molecule has 0 saturated heterocycles. The zero-order valence-electron chi connectivity index (χ0n) is 7.33. The van der Waals surface area contributed by atoms with E-state index in [1.165, 1.54) is 12.8 Å². The molecule has 0 spiro atoms. The van der Waals surface area contributed by atoms with Gasteiger partial charge in [0.15, 0.2) is 0 Å². The molecule has 0 bridgehead atoms. The quantitative estimate of drug-likeness (QED) is 0.485. The first-order chi connectivity index (χ1) is 4.06. The van der Waals surface area contributed by atoms with E-state index in [1.807, 2.05) is 0 Å².